The first kappa shape index (κ1) is 37.4. The van der Waals surface area contributed by atoms with Gasteiger partial charge in [0.15, 0.2) is 0 Å². The molecule has 6 nitrogen and oxygen atoms in total. The van der Waals surface area contributed by atoms with Gasteiger partial charge in [-0.2, -0.15) is 0 Å². The number of thiazole rings is 1. The number of anilines is 4. The molecule has 286 valence electrons. The minimum Gasteiger partial charge on any atom is -0.473 e. The standard InChI is InChI=1S/C50H37N6S.Pt/c1-50(2,3)38-26-28-51-44(31-38)56-43-30-37(24-25-41(43)47-49(56)57-32-53-47)46(45(34-15-7-4-8-16-34)35-17-9-5-10-18-35)36-19-13-22-40(29-36)55-33-54(39-20-11-6-12-21-39)42-23-14-27-52-48(42)55;/h4-28,31-33H,1-3H3;/q-3;. The van der Waals surface area contributed by atoms with Gasteiger partial charge in [0.1, 0.15) is 16.5 Å². The molecule has 0 saturated carbocycles. The van der Waals surface area contributed by atoms with Gasteiger partial charge in [0.2, 0.25) is 0 Å². The topological polar surface area (TPSA) is 50.1 Å². The van der Waals surface area contributed by atoms with Gasteiger partial charge in [0.05, 0.1) is 16.7 Å². The Morgan fingerprint density at radius 1 is 0.638 bits per heavy atom. The third-order valence-corrected chi connectivity index (χ3v) is 11.3. The van der Waals surface area contributed by atoms with E-state index < -0.39 is 0 Å². The molecular weight excluding hydrogens is 912 g/mol. The molecule has 0 aliphatic carbocycles. The zero-order chi connectivity index (χ0) is 38.5. The van der Waals surface area contributed by atoms with Crippen molar-refractivity contribution in [1.82, 2.24) is 19.5 Å². The summed E-state index contributed by atoms with van der Waals surface area (Å²) in [5, 5.41) is 1.03. The van der Waals surface area contributed by atoms with Crippen LogP contribution in [0.2, 0.25) is 0 Å². The molecule has 10 rings (SSSR count). The number of pyridine rings is 2. The quantitative estimate of drug-likeness (QED) is 0.118. The van der Waals surface area contributed by atoms with E-state index >= 15 is 0 Å². The van der Waals surface area contributed by atoms with E-state index in [1.165, 1.54) is 5.56 Å². The summed E-state index contributed by atoms with van der Waals surface area (Å²) in [5.41, 5.74) is 14.1. The average Bonchev–Trinajstić information content (AvgIpc) is 3.97. The van der Waals surface area contributed by atoms with E-state index in [1.54, 1.807) is 11.3 Å². The monoisotopic (exact) mass is 948 g/mol. The number of hydrogen-bond donors (Lipinski definition) is 0. The number of para-hydroxylation sites is 1. The van der Waals surface area contributed by atoms with Gasteiger partial charge in [0, 0.05) is 39.1 Å². The number of rotatable bonds is 7. The van der Waals surface area contributed by atoms with Crippen LogP contribution in [0, 0.1) is 18.8 Å². The Kier molecular flexibility index (Phi) is 9.88. The first-order chi connectivity index (χ1) is 27.9. The van der Waals surface area contributed by atoms with Crippen LogP contribution in [-0.4, -0.2) is 19.5 Å². The second kappa shape index (κ2) is 15.3. The molecule has 4 aromatic heterocycles. The van der Waals surface area contributed by atoms with Crippen LogP contribution in [-0.2, 0) is 26.5 Å². The van der Waals surface area contributed by atoms with Crippen molar-refractivity contribution in [2.75, 3.05) is 9.80 Å². The second-order valence-corrected chi connectivity index (χ2v) is 15.9. The normalized spacial score (nSPS) is 12.5. The molecule has 58 heavy (non-hydrogen) atoms. The van der Waals surface area contributed by atoms with Crippen molar-refractivity contribution < 1.29 is 21.1 Å². The number of nitrogens with zero attached hydrogens (tertiary/aromatic N) is 6. The molecular formula is C50H37N6PtS-3. The number of aromatic nitrogens is 4. The van der Waals surface area contributed by atoms with Gasteiger partial charge in [0.25, 0.3) is 0 Å². The van der Waals surface area contributed by atoms with Crippen molar-refractivity contribution in [1.29, 1.82) is 0 Å². The first-order valence-corrected chi connectivity index (χ1v) is 19.9. The Balaban J connectivity index is 0.00000436. The molecule has 1 aliphatic heterocycles. The molecule has 0 spiro atoms. The molecule has 1 aliphatic rings. The van der Waals surface area contributed by atoms with E-state index in [0.717, 1.165) is 83.3 Å². The number of hydrogen-bond acceptors (Lipinski definition) is 6. The van der Waals surface area contributed by atoms with E-state index in [1.807, 2.05) is 30.0 Å². The summed E-state index contributed by atoms with van der Waals surface area (Å²) in [6.45, 7) is 8.80. The Labute approximate surface area is 357 Å². The van der Waals surface area contributed by atoms with Crippen LogP contribution < -0.4 is 9.80 Å². The molecule has 0 amide bonds. The van der Waals surface area contributed by atoms with Gasteiger partial charge in [-0.15, -0.1) is 77.2 Å². The van der Waals surface area contributed by atoms with E-state index in [-0.39, 0.29) is 26.5 Å². The van der Waals surface area contributed by atoms with Gasteiger partial charge < -0.3 is 14.4 Å². The smallest absolute Gasteiger partial charge is 0.137 e. The molecule has 0 N–H and O–H groups in total. The fourth-order valence-corrected chi connectivity index (χ4v) is 8.52. The summed E-state index contributed by atoms with van der Waals surface area (Å²) in [7, 11) is 0. The molecule has 0 unspecified atom stereocenters. The van der Waals surface area contributed by atoms with Crippen molar-refractivity contribution in [2.45, 2.75) is 26.2 Å². The van der Waals surface area contributed by atoms with E-state index in [2.05, 4.69) is 187 Å². The van der Waals surface area contributed by atoms with Gasteiger partial charge >= 0.3 is 0 Å². The molecule has 0 saturated heterocycles. The molecule has 5 aromatic carbocycles. The van der Waals surface area contributed by atoms with Gasteiger partial charge in [-0.25, -0.2) is 9.97 Å². The molecule has 8 heteroatoms. The third kappa shape index (κ3) is 6.64. The van der Waals surface area contributed by atoms with Crippen LogP contribution in [0.5, 0.6) is 0 Å². The van der Waals surface area contributed by atoms with Crippen molar-refractivity contribution in [3.8, 4) is 5.82 Å². The van der Waals surface area contributed by atoms with Crippen LogP contribution in [0.4, 0.5) is 22.9 Å². The summed E-state index contributed by atoms with van der Waals surface area (Å²) in [6, 6.07) is 58.6. The SMILES string of the molecule is CC(C)(C)c1ccnc(-n2c3[c-]c(C(=C(c4ccccc4)c4ccccc4)c4[c-]c(N5[CH-]N(c6ccccc6)c6cccnc65)ccc4)ccc3c3ncsc32)c1.[Pt]. The Bertz CT molecular complexity index is 2890. The van der Waals surface area contributed by atoms with Crippen LogP contribution in [0.1, 0.15) is 48.6 Å². The van der Waals surface area contributed by atoms with Crippen molar-refractivity contribution in [3.05, 3.63) is 210 Å². The summed E-state index contributed by atoms with van der Waals surface area (Å²) >= 11 is 1.62. The number of benzene rings is 5. The zero-order valence-corrected chi connectivity index (χ0v) is 35.2. The summed E-state index contributed by atoms with van der Waals surface area (Å²) in [6.07, 6.45) is 3.76. The molecule has 0 bridgehead atoms. The maximum atomic E-state index is 4.93. The van der Waals surface area contributed by atoms with Gasteiger partial charge in [-0.1, -0.05) is 111 Å². The maximum Gasteiger partial charge on any atom is 0.137 e. The number of fused-ring (bicyclic) bond motifs is 4. The maximum absolute atomic E-state index is 4.93. The summed E-state index contributed by atoms with van der Waals surface area (Å²) in [5.74, 6) is 1.69. The fourth-order valence-electron chi connectivity index (χ4n) is 7.69. The van der Waals surface area contributed by atoms with E-state index in [9.17, 15) is 0 Å². The van der Waals surface area contributed by atoms with E-state index in [0.29, 0.717) is 0 Å². The van der Waals surface area contributed by atoms with Crippen LogP contribution >= 0.6 is 11.3 Å². The predicted octanol–water partition coefficient (Wildman–Crippen LogP) is 12.3. The predicted molar refractivity (Wildman–Crippen MR) is 234 cm³/mol. The van der Waals surface area contributed by atoms with E-state index in [4.69, 9.17) is 15.0 Å². The van der Waals surface area contributed by atoms with Crippen LogP contribution in [0.15, 0.2) is 163 Å². The van der Waals surface area contributed by atoms with Crippen molar-refractivity contribution >= 4 is 66.6 Å². The molecule has 0 fully saturated rings. The minimum absolute atomic E-state index is 0. The molecule has 9 aromatic rings. The molecule has 0 radical (unpaired) electrons. The zero-order valence-electron chi connectivity index (χ0n) is 32.1. The van der Waals surface area contributed by atoms with Gasteiger partial charge in [-0.05, 0) is 69.6 Å². The third-order valence-electron chi connectivity index (χ3n) is 10.5. The molecule has 5 heterocycles. The minimum atomic E-state index is -0.0414. The summed E-state index contributed by atoms with van der Waals surface area (Å²) in [4.78, 5) is 20.0. The largest absolute Gasteiger partial charge is 0.473 e. The van der Waals surface area contributed by atoms with Crippen LogP contribution in [0.3, 0.4) is 0 Å². The first-order valence-electron chi connectivity index (χ1n) is 19.0. The second-order valence-electron chi connectivity index (χ2n) is 15.1. The Morgan fingerprint density at radius 2 is 1.34 bits per heavy atom. The average molecular weight is 949 g/mol. The molecule has 0 atom stereocenters. The van der Waals surface area contributed by atoms with Gasteiger partial charge in [-0.3, -0.25) is 4.98 Å². The Hall–Kier alpha value is -6.14. The fraction of sp³-hybridized carbons (Fsp3) is 0.0800. The van der Waals surface area contributed by atoms with Crippen molar-refractivity contribution in [3.63, 3.8) is 0 Å². The summed E-state index contributed by atoms with van der Waals surface area (Å²) < 4.78 is 2.23. The van der Waals surface area contributed by atoms with Crippen molar-refractivity contribution in [2.24, 2.45) is 0 Å². The Morgan fingerprint density at radius 3 is 2.07 bits per heavy atom. The van der Waals surface area contributed by atoms with Crippen LogP contribution in [0.25, 0.3) is 38.2 Å².